The Balaban J connectivity index is 5.24. The molecule has 570 valence electrons. The Hall–Kier alpha value is -1.94. The van der Waals surface area contributed by atoms with Crippen molar-refractivity contribution in [2.75, 3.05) is 39.6 Å². The molecule has 0 amide bonds. The van der Waals surface area contributed by atoms with E-state index in [0.29, 0.717) is 25.7 Å². The van der Waals surface area contributed by atoms with Gasteiger partial charge in [-0.05, 0) is 25.7 Å². The minimum absolute atomic E-state index is 0.109. The van der Waals surface area contributed by atoms with Crippen LogP contribution in [0.4, 0.5) is 0 Å². The van der Waals surface area contributed by atoms with Crippen LogP contribution in [-0.2, 0) is 65.4 Å². The van der Waals surface area contributed by atoms with Crippen molar-refractivity contribution in [3.8, 4) is 0 Å². The third kappa shape index (κ3) is 70.5. The first-order valence-electron chi connectivity index (χ1n) is 40.3. The number of carbonyl (C=O) groups excluding carboxylic acids is 4. The zero-order valence-electron chi connectivity index (χ0n) is 62.4. The van der Waals surface area contributed by atoms with Crippen LogP contribution in [0.1, 0.15) is 413 Å². The fraction of sp³-hybridized carbons (Fsp3) is 0.948. The van der Waals surface area contributed by atoms with Crippen molar-refractivity contribution in [1.29, 1.82) is 0 Å². The van der Waals surface area contributed by atoms with E-state index in [1.807, 2.05) is 0 Å². The first-order chi connectivity index (χ1) is 46.7. The number of rotatable bonds is 78. The van der Waals surface area contributed by atoms with Crippen molar-refractivity contribution in [2.45, 2.75) is 431 Å². The van der Waals surface area contributed by atoms with Gasteiger partial charge in [0.2, 0.25) is 0 Å². The molecule has 5 atom stereocenters. The maximum Gasteiger partial charge on any atom is 0.472 e. The molecule has 0 radical (unpaired) electrons. The predicted octanol–water partition coefficient (Wildman–Crippen LogP) is 23.0. The van der Waals surface area contributed by atoms with Gasteiger partial charge < -0.3 is 33.8 Å². The standard InChI is InChI=1S/C77H150O17P2/c1-5-9-13-17-21-25-29-32-35-37-40-42-46-50-54-58-62-75(80)88-68-73(94-77(82)64-60-56-52-48-44-41-38-36-33-30-26-22-18-14-10-6-2)70-92-96(85,86)90-66-71(78)65-89-95(83,84)91-69-72(67-87-74(79)61-57-53-49-45-28-24-20-16-12-8-4)93-76(81)63-59-55-51-47-43-39-34-31-27-23-19-15-11-7-3/h71-73,78H,5-70H2,1-4H3,(H,83,84)(H,85,86)/t71-,72+,73+/m0/s1. The molecule has 0 saturated carbocycles. The highest BCUT2D eigenvalue weighted by atomic mass is 31.2. The summed E-state index contributed by atoms with van der Waals surface area (Å²) in [4.78, 5) is 72.9. The number of aliphatic hydroxyl groups excluding tert-OH is 1. The summed E-state index contributed by atoms with van der Waals surface area (Å²) in [5.41, 5.74) is 0. The van der Waals surface area contributed by atoms with E-state index >= 15 is 0 Å². The number of hydrogen-bond acceptors (Lipinski definition) is 15. The second kappa shape index (κ2) is 71.5. The summed E-state index contributed by atoms with van der Waals surface area (Å²) in [6.07, 6.45) is 62.2. The zero-order chi connectivity index (χ0) is 70.4. The van der Waals surface area contributed by atoms with E-state index in [2.05, 4.69) is 27.7 Å². The maximum absolute atomic E-state index is 13.1. The Kier molecular flexibility index (Phi) is 70.0. The fourth-order valence-corrected chi connectivity index (χ4v) is 13.5. The van der Waals surface area contributed by atoms with Gasteiger partial charge in [-0.25, -0.2) is 9.13 Å². The van der Waals surface area contributed by atoms with Gasteiger partial charge in [0.1, 0.15) is 19.3 Å². The number of ether oxygens (including phenoxy) is 4. The van der Waals surface area contributed by atoms with E-state index in [4.69, 9.17) is 37.0 Å². The van der Waals surface area contributed by atoms with Gasteiger partial charge in [0.15, 0.2) is 12.2 Å². The summed E-state index contributed by atoms with van der Waals surface area (Å²) in [7, 11) is -9.91. The lowest BCUT2D eigenvalue weighted by atomic mass is 10.0. The third-order valence-corrected chi connectivity index (χ3v) is 20.0. The number of unbranched alkanes of at least 4 members (excludes halogenated alkanes) is 52. The number of phosphoric acid groups is 2. The van der Waals surface area contributed by atoms with E-state index in [1.165, 1.54) is 244 Å². The van der Waals surface area contributed by atoms with Crippen LogP contribution >= 0.6 is 15.6 Å². The van der Waals surface area contributed by atoms with E-state index in [9.17, 15) is 43.2 Å². The maximum atomic E-state index is 13.1. The summed E-state index contributed by atoms with van der Waals surface area (Å²) >= 11 is 0. The molecule has 0 aromatic rings. The van der Waals surface area contributed by atoms with Crippen LogP contribution < -0.4 is 0 Å². The Bertz CT molecular complexity index is 1830. The first-order valence-corrected chi connectivity index (χ1v) is 43.3. The monoisotopic (exact) mass is 1410 g/mol. The third-order valence-electron chi connectivity index (χ3n) is 18.1. The van der Waals surface area contributed by atoms with E-state index in [1.54, 1.807) is 0 Å². The summed E-state index contributed by atoms with van der Waals surface area (Å²) in [5, 5.41) is 10.6. The second-order valence-corrected chi connectivity index (χ2v) is 30.7. The second-order valence-electron chi connectivity index (χ2n) is 27.7. The molecule has 3 N–H and O–H groups in total. The van der Waals surface area contributed by atoms with Gasteiger partial charge in [-0.3, -0.25) is 37.3 Å². The van der Waals surface area contributed by atoms with Gasteiger partial charge >= 0.3 is 39.5 Å². The van der Waals surface area contributed by atoms with Gasteiger partial charge in [-0.15, -0.1) is 0 Å². The molecule has 0 aliphatic heterocycles. The highest BCUT2D eigenvalue weighted by Gasteiger charge is 2.30. The predicted molar refractivity (Wildman–Crippen MR) is 391 cm³/mol. The molecule has 0 aliphatic rings. The molecule has 0 aromatic heterocycles. The highest BCUT2D eigenvalue weighted by molar-refractivity contribution is 7.47. The molecule has 0 aliphatic carbocycles. The molecule has 0 fully saturated rings. The summed E-state index contributed by atoms with van der Waals surface area (Å²) < 4.78 is 68.6. The van der Waals surface area contributed by atoms with E-state index in [-0.39, 0.29) is 25.7 Å². The summed E-state index contributed by atoms with van der Waals surface area (Å²) in [5.74, 6) is -2.11. The van der Waals surface area contributed by atoms with Crippen LogP contribution in [0.5, 0.6) is 0 Å². The van der Waals surface area contributed by atoms with Gasteiger partial charge in [-0.2, -0.15) is 0 Å². The Labute approximate surface area is 588 Å². The number of hydrogen-bond donors (Lipinski definition) is 3. The molecule has 0 rings (SSSR count). The topological polar surface area (TPSA) is 237 Å². The Morgan fingerprint density at radius 2 is 0.417 bits per heavy atom. The van der Waals surface area contributed by atoms with Crippen LogP contribution in [0.2, 0.25) is 0 Å². The van der Waals surface area contributed by atoms with Crippen LogP contribution in [0.15, 0.2) is 0 Å². The first kappa shape index (κ1) is 94.1. The number of phosphoric ester groups is 2. The Morgan fingerprint density at radius 3 is 0.615 bits per heavy atom. The lowest BCUT2D eigenvalue weighted by Gasteiger charge is -2.21. The van der Waals surface area contributed by atoms with Crippen LogP contribution in [0, 0.1) is 0 Å². The average Bonchev–Trinajstić information content (AvgIpc) is 1.11. The molecule has 17 nitrogen and oxygen atoms in total. The lowest BCUT2D eigenvalue weighted by Crippen LogP contribution is -2.30. The van der Waals surface area contributed by atoms with Gasteiger partial charge in [0, 0.05) is 25.7 Å². The lowest BCUT2D eigenvalue weighted by molar-refractivity contribution is -0.161. The van der Waals surface area contributed by atoms with Crippen molar-refractivity contribution in [3.63, 3.8) is 0 Å². The van der Waals surface area contributed by atoms with Crippen molar-refractivity contribution in [1.82, 2.24) is 0 Å². The fourth-order valence-electron chi connectivity index (χ4n) is 11.9. The van der Waals surface area contributed by atoms with Gasteiger partial charge in [0.25, 0.3) is 0 Å². The van der Waals surface area contributed by atoms with Crippen LogP contribution in [0.3, 0.4) is 0 Å². The highest BCUT2D eigenvalue weighted by Crippen LogP contribution is 2.45. The molecule has 96 heavy (non-hydrogen) atoms. The Morgan fingerprint density at radius 1 is 0.250 bits per heavy atom. The van der Waals surface area contributed by atoms with Crippen LogP contribution in [0.25, 0.3) is 0 Å². The van der Waals surface area contributed by atoms with Crippen LogP contribution in [-0.4, -0.2) is 96.7 Å². The van der Waals surface area contributed by atoms with E-state index in [0.717, 1.165) is 89.9 Å². The normalized spacial score (nSPS) is 13.9. The molecule has 0 saturated heterocycles. The molecule has 2 unspecified atom stereocenters. The van der Waals surface area contributed by atoms with Crippen molar-refractivity contribution >= 4 is 39.5 Å². The molecule has 19 heteroatoms. The quantitative estimate of drug-likeness (QED) is 0.0222. The van der Waals surface area contributed by atoms with Gasteiger partial charge in [0.05, 0.1) is 26.4 Å². The number of aliphatic hydroxyl groups is 1. The minimum atomic E-state index is -4.96. The van der Waals surface area contributed by atoms with E-state index < -0.39 is 97.5 Å². The smallest absolute Gasteiger partial charge is 0.462 e. The number of carbonyl (C=O) groups is 4. The molecular weight excluding hydrogens is 1260 g/mol. The molecule has 0 bridgehead atoms. The van der Waals surface area contributed by atoms with Crippen molar-refractivity contribution < 1.29 is 80.2 Å². The van der Waals surface area contributed by atoms with Crippen molar-refractivity contribution in [2.24, 2.45) is 0 Å². The zero-order valence-corrected chi connectivity index (χ0v) is 64.1. The number of esters is 4. The molecule has 0 heterocycles. The molecule has 0 spiro atoms. The SMILES string of the molecule is CCCCCCCCCCCCCCCCCCC(=O)OC[C@H](COP(=O)(O)OC[C@@H](O)COP(=O)(O)OC[C@@H](COC(=O)CCCCCCCCCCCC)OC(=O)CCCCCCCCCCCCCCCC)OC(=O)CCCCCCCCCCCCCCCCCC. The average molecular weight is 1410 g/mol. The largest absolute Gasteiger partial charge is 0.472 e. The minimum Gasteiger partial charge on any atom is -0.462 e. The van der Waals surface area contributed by atoms with Crippen molar-refractivity contribution in [3.05, 3.63) is 0 Å². The summed E-state index contributed by atoms with van der Waals surface area (Å²) in [6.45, 7) is 5.00. The van der Waals surface area contributed by atoms with Gasteiger partial charge in [-0.1, -0.05) is 362 Å². The summed E-state index contributed by atoms with van der Waals surface area (Å²) in [6, 6.07) is 0. The molecule has 0 aromatic carbocycles. The molecular formula is C77H150O17P2.